The number of ether oxygens (including phenoxy) is 3. The van der Waals surface area contributed by atoms with E-state index in [-0.39, 0.29) is 23.9 Å². The van der Waals surface area contributed by atoms with Crippen molar-refractivity contribution < 1.29 is 24.1 Å². The molecular formula is C23H30N2O5. The van der Waals surface area contributed by atoms with Gasteiger partial charge in [0, 0.05) is 22.9 Å². The molecule has 2 unspecified atom stereocenters. The zero-order chi connectivity index (χ0) is 22.1. The molecule has 1 N–H and O–H groups in total. The van der Waals surface area contributed by atoms with E-state index in [1.165, 1.54) is 7.11 Å². The molecule has 2 aliphatic rings. The summed E-state index contributed by atoms with van der Waals surface area (Å²) in [6.45, 7) is 10.4. The van der Waals surface area contributed by atoms with Gasteiger partial charge in [-0.25, -0.2) is 4.99 Å². The van der Waals surface area contributed by atoms with Gasteiger partial charge in [-0.05, 0) is 51.8 Å². The molecule has 0 spiro atoms. The lowest BCUT2D eigenvalue weighted by Crippen LogP contribution is -2.36. The number of aliphatic imine (C=N–C) groups is 2. The van der Waals surface area contributed by atoms with E-state index in [9.17, 15) is 9.90 Å². The van der Waals surface area contributed by atoms with Gasteiger partial charge >= 0.3 is 5.97 Å². The number of rotatable bonds is 6. The SMILES string of the molecule is CCOC(=O)C1C(C)=NC(CC)=C(C2=NC(C)(C)CO2)C1c1ccc(O)c(OC)c1. The van der Waals surface area contributed by atoms with Crippen molar-refractivity contribution in [2.24, 2.45) is 15.9 Å². The third kappa shape index (κ3) is 4.06. The van der Waals surface area contributed by atoms with Crippen LogP contribution in [0, 0.1) is 5.92 Å². The predicted octanol–water partition coefficient (Wildman–Crippen LogP) is 4.01. The molecule has 162 valence electrons. The van der Waals surface area contributed by atoms with Crippen LogP contribution in [0.25, 0.3) is 0 Å². The molecule has 7 nitrogen and oxygen atoms in total. The number of hydrogen-bond donors (Lipinski definition) is 1. The van der Waals surface area contributed by atoms with Crippen LogP contribution in [-0.4, -0.2) is 48.5 Å². The molecule has 7 heteroatoms. The number of nitrogens with zero attached hydrogens (tertiary/aromatic N) is 2. The summed E-state index contributed by atoms with van der Waals surface area (Å²) in [5, 5.41) is 10.1. The fourth-order valence-corrected chi connectivity index (χ4v) is 3.96. The van der Waals surface area contributed by atoms with Gasteiger partial charge in [-0.15, -0.1) is 0 Å². The van der Waals surface area contributed by atoms with E-state index in [0.29, 0.717) is 30.4 Å². The number of esters is 1. The molecule has 2 aliphatic heterocycles. The first kappa shape index (κ1) is 21.9. The normalized spacial score (nSPS) is 22.9. The molecule has 0 fully saturated rings. The molecule has 0 saturated carbocycles. The van der Waals surface area contributed by atoms with Gasteiger partial charge < -0.3 is 19.3 Å². The van der Waals surface area contributed by atoms with E-state index in [1.807, 2.05) is 27.7 Å². The summed E-state index contributed by atoms with van der Waals surface area (Å²) in [7, 11) is 1.50. The van der Waals surface area contributed by atoms with Crippen LogP contribution in [0.15, 0.2) is 39.5 Å². The zero-order valence-electron chi connectivity index (χ0n) is 18.5. The molecule has 2 atom stereocenters. The topological polar surface area (TPSA) is 89.7 Å². The molecule has 0 saturated heterocycles. The molecule has 0 aliphatic carbocycles. The van der Waals surface area contributed by atoms with E-state index in [1.54, 1.807) is 25.1 Å². The van der Waals surface area contributed by atoms with Crippen molar-refractivity contribution in [3.63, 3.8) is 0 Å². The first-order valence-electron chi connectivity index (χ1n) is 10.3. The third-order valence-electron chi connectivity index (χ3n) is 5.35. The Morgan fingerprint density at radius 2 is 2.07 bits per heavy atom. The summed E-state index contributed by atoms with van der Waals surface area (Å²) in [5.74, 6) is -0.506. The molecular weight excluding hydrogens is 384 g/mol. The number of carbonyl (C=O) groups is 1. The Kier molecular flexibility index (Phi) is 6.19. The molecule has 3 rings (SSSR count). The maximum absolute atomic E-state index is 13.0. The molecule has 0 radical (unpaired) electrons. The van der Waals surface area contributed by atoms with E-state index in [4.69, 9.17) is 24.2 Å². The lowest BCUT2D eigenvalue weighted by atomic mass is 9.75. The molecule has 1 aromatic carbocycles. The highest BCUT2D eigenvalue weighted by Crippen LogP contribution is 2.44. The molecule has 30 heavy (non-hydrogen) atoms. The van der Waals surface area contributed by atoms with Crippen molar-refractivity contribution in [3.05, 3.63) is 35.0 Å². The van der Waals surface area contributed by atoms with Crippen molar-refractivity contribution in [1.29, 1.82) is 0 Å². The van der Waals surface area contributed by atoms with Gasteiger partial charge in [0.1, 0.15) is 12.5 Å². The second-order valence-corrected chi connectivity index (χ2v) is 8.12. The Labute approximate surface area is 177 Å². The minimum absolute atomic E-state index is 0.0342. The standard InChI is InChI=1S/C23H30N2O5/c1-7-15-20(21-25-23(4,5)12-30-21)19(14-9-10-16(26)17(11-14)28-6)18(13(3)24-15)22(27)29-8-2/h9-11,18-19,26H,7-8,12H2,1-6H3. The van der Waals surface area contributed by atoms with Crippen LogP contribution in [0.1, 0.15) is 52.5 Å². The maximum atomic E-state index is 13.0. The Balaban J connectivity index is 2.24. The molecule has 2 heterocycles. The Hall–Kier alpha value is -2.83. The van der Waals surface area contributed by atoms with Gasteiger partial charge in [-0.2, -0.15) is 0 Å². The van der Waals surface area contributed by atoms with Crippen molar-refractivity contribution in [3.8, 4) is 11.5 Å². The fourth-order valence-electron chi connectivity index (χ4n) is 3.96. The first-order chi connectivity index (χ1) is 14.2. The fraction of sp³-hybridized carbons (Fsp3) is 0.522. The minimum atomic E-state index is -0.625. The van der Waals surface area contributed by atoms with E-state index < -0.39 is 11.8 Å². The van der Waals surface area contributed by atoms with Crippen molar-refractivity contribution in [1.82, 2.24) is 0 Å². The second kappa shape index (κ2) is 8.50. The average Bonchev–Trinajstić information content (AvgIpc) is 3.06. The average molecular weight is 415 g/mol. The van der Waals surface area contributed by atoms with Crippen molar-refractivity contribution >= 4 is 17.6 Å². The number of hydrogen-bond acceptors (Lipinski definition) is 7. The summed E-state index contributed by atoms with van der Waals surface area (Å²) in [5.41, 5.74) is 2.76. The number of phenolic OH excluding ortho intramolecular Hbond substituents is 1. The number of carbonyl (C=O) groups excluding carboxylic acids is 1. The molecule has 0 aromatic heterocycles. The van der Waals surface area contributed by atoms with E-state index in [0.717, 1.165) is 16.8 Å². The summed E-state index contributed by atoms with van der Waals surface area (Å²) in [6.07, 6.45) is 0.663. The highest BCUT2D eigenvalue weighted by atomic mass is 16.5. The number of allylic oxidation sites excluding steroid dienone is 1. The van der Waals surface area contributed by atoms with Crippen LogP contribution in [0.3, 0.4) is 0 Å². The maximum Gasteiger partial charge on any atom is 0.315 e. The Bertz CT molecular complexity index is 930. The van der Waals surface area contributed by atoms with Gasteiger partial charge in [0.15, 0.2) is 11.5 Å². The van der Waals surface area contributed by atoms with Crippen LogP contribution < -0.4 is 4.74 Å². The molecule has 0 amide bonds. The van der Waals surface area contributed by atoms with E-state index in [2.05, 4.69) is 0 Å². The van der Waals surface area contributed by atoms with Crippen LogP contribution >= 0.6 is 0 Å². The summed E-state index contributed by atoms with van der Waals surface area (Å²) < 4.78 is 16.7. The van der Waals surface area contributed by atoms with Crippen LogP contribution in [0.2, 0.25) is 0 Å². The highest BCUT2D eigenvalue weighted by Gasteiger charge is 2.44. The largest absolute Gasteiger partial charge is 0.504 e. The van der Waals surface area contributed by atoms with Crippen molar-refractivity contribution in [2.45, 2.75) is 52.5 Å². The van der Waals surface area contributed by atoms with Crippen LogP contribution in [-0.2, 0) is 14.3 Å². The molecule has 0 bridgehead atoms. The second-order valence-electron chi connectivity index (χ2n) is 8.12. The monoisotopic (exact) mass is 414 g/mol. The number of phenols is 1. The van der Waals surface area contributed by atoms with Gasteiger partial charge in [-0.1, -0.05) is 13.0 Å². The third-order valence-corrected chi connectivity index (χ3v) is 5.35. The first-order valence-corrected chi connectivity index (χ1v) is 10.3. The quantitative estimate of drug-likeness (QED) is 0.711. The zero-order valence-corrected chi connectivity index (χ0v) is 18.5. The van der Waals surface area contributed by atoms with Crippen LogP contribution in [0.4, 0.5) is 0 Å². The minimum Gasteiger partial charge on any atom is -0.504 e. The lowest BCUT2D eigenvalue weighted by molar-refractivity contribution is -0.146. The Morgan fingerprint density at radius 1 is 1.33 bits per heavy atom. The predicted molar refractivity (Wildman–Crippen MR) is 115 cm³/mol. The summed E-state index contributed by atoms with van der Waals surface area (Å²) >= 11 is 0. The molecule has 1 aromatic rings. The summed E-state index contributed by atoms with van der Waals surface area (Å²) in [6, 6.07) is 5.11. The number of benzene rings is 1. The smallest absolute Gasteiger partial charge is 0.315 e. The number of methoxy groups -OCH3 is 1. The van der Waals surface area contributed by atoms with E-state index >= 15 is 0 Å². The van der Waals surface area contributed by atoms with Gasteiger partial charge in [0.25, 0.3) is 0 Å². The van der Waals surface area contributed by atoms with Crippen LogP contribution in [0.5, 0.6) is 11.5 Å². The van der Waals surface area contributed by atoms with Gasteiger partial charge in [0.2, 0.25) is 5.90 Å². The van der Waals surface area contributed by atoms with Gasteiger partial charge in [0.05, 0.1) is 19.3 Å². The highest BCUT2D eigenvalue weighted by molar-refractivity contribution is 6.08. The lowest BCUT2D eigenvalue weighted by Gasteiger charge is -2.33. The summed E-state index contributed by atoms with van der Waals surface area (Å²) in [4.78, 5) is 22.5. The van der Waals surface area contributed by atoms with Gasteiger partial charge in [-0.3, -0.25) is 9.79 Å². The number of aromatic hydroxyl groups is 1. The Morgan fingerprint density at radius 3 is 2.63 bits per heavy atom. The van der Waals surface area contributed by atoms with Crippen molar-refractivity contribution in [2.75, 3.05) is 20.3 Å².